The summed E-state index contributed by atoms with van der Waals surface area (Å²) in [5.41, 5.74) is 8.73. The second-order valence-electron chi connectivity index (χ2n) is 4.57. The number of aromatic hydroxyl groups is 1. The SMILES string of the molecule is NC1CCN2CCc3cc(O)ccc3C12. The second kappa shape index (κ2) is 3.22. The molecule has 80 valence electrons. The Kier molecular flexibility index (Phi) is 1.97. The van der Waals surface area contributed by atoms with Crippen molar-refractivity contribution in [1.29, 1.82) is 0 Å². The Labute approximate surface area is 89.5 Å². The summed E-state index contributed by atoms with van der Waals surface area (Å²) < 4.78 is 0. The highest BCUT2D eigenvalue weighted by Gasteiger charge is 2.36. The molecule has 2 aliphatic heterocycles. The minimum atomic E-state index is 0.258. The number of fused-ring (bicyclic) bond motifs is 3. The van der Waals surface area contributed by atoms with Crippen molar-refractivity contribution in [2.75, 3.05) is 13.1 Å². The number of rotatable bonds is 0. The molecule has 1 saturated heterocycles. The number of benzene rings is 1. The van der Waals surface area contributed by atoms with Crippen molar-refractivity contribution in [2.45, 2.75) is 24.9 Å². The second-order valence-corrected chi connectivity index (χ2v) is 4.57. The van der Waals surface area contributed by atoms with E-state index in [9.17, 15) is 5.11 Å². The predicted octanol–water partition coefficient (Wildman–Crippen LogP) is 1.02. The molecular weight excluding hydrogens is 188 g/mol. The van der Waals surface area contributed by atoms with E-state index in [4.69, 9.17) is 5.73 Å². The summed E-state index contributed by atoms with van der Waals surface area (Å²) in [6.45, 7) is 2.20. The monoisotopic (exact) mass is 204 g/mol. The first-order valence-electron chi connectivity index (χ1n) is 5.57. The molecule has 0 aromatic heterocycles. The van der Waals surface area contributed by atoms with Gasteiger partial charge in [-0.3, -0.25) is 4.90 Å². The van der Waals surface area contributed by atoms with Crippen LogP contribution < -0.4 is 5.73 Å². The highest BCUT2D eigenvalue weighted by Crippen LogP contribution is 2.37. The molecule has 1 fully saturated rings. The third-order valence-electron chi connectivity index (χ3n) is 3.66. The zero-order valence-electron chi connectivity index (χ0n) is 8.69. The molecule has 0 radical (unpaired) electrons. The molecule has 0 spiro atoms. The summed E-state index contributed by atoms with van der Waals surface area (Å²) in [5.74, 6) is 0.369. The Morgan fingerprint density at radius 2 is 2.20 bits per heavy atom. The maximum atomic E-state index is 9.45. The molecule has 0 aliphatic carbocycles. The highest BCUT2D eigenvalue weighted by molar-refractivity contribution is 5.39. The van der Waals surface area contributed by atoms with Gasteiger partial charge in [-0.2, -0.15) is 0 Å². The van der Waals surface area contributed by atoms with Crippen LogP contribution in [0.4, 0.5) is 0 Å². The maximum Gasteiger partial charge on any atom is 0.115 e. The molecule has 2 atom stereocenters. The van der Waals surface area contributed by atoms with E-state index >= 15 is 0 Å². The third-order valence-corrected chi connectivity index (χ3v) is 3.66. The minimum absolute atomic E-state index is 0.258. The van der Waals surface area contributed by atoms with E-state index in [2.05, 4.69) is 4.90 Å². The van der Waals surface area contributed by atoms with Crippen LogP contribution in [0.5, 0.6) is 5.75 Å². The van der Waals surface area contributed by atoms with Crippen LogP contribution >= 0.6 is 0 Å². The Balaban J connectivity index is 2.06. The molecule has 3 heteroatoms. The van der Waals surface area contributed by atoms with E-state index in [1.54, 1.807) is 6.07 Å². The van der Waals surface area contributed by atoms with Gasteiger partial charge in [0.25, 0.3) is 0 Å². The fraction of sp³-hybridized carbons (Fsp3) is 0.500. The van der Waals surface area contributed by atoms with Crippen LogP contribution in [-0.4, -0.2) is 29.1 Å². The van der Waals surface area contributed by atoms with Crippen LogP contribution in [0.2, 0.25) is 0 Å². The van der Waals surface area contributed by atoms with Crippen molar-refractivity contribution in [1.82, 2.24) is 4.90 Å². The lowest BCUT2D eigenvalue weighted by Crippen LogP contribution is -2.37. The normalized spacial score (nSPS) is 29.9. The first-order valence-corrected chi connectivity index (χ1v) is 5.57. The zero-order valence-corrected chi connectivity index (χ0v) is 8.69. The van der Waals surface area contributed by atoms with Gasteiger partial charge < -0.3 is 10.8 Å². The summed E-state index contributed by atoms with van der Waals surface area (Å²) in [6, 6.07) is 6.33. The largest absolute Gasteiger partial charge is 0.508 e. The lowest BCUT2D eigenvalue weighted by Gasteiger charge is -2.33. The molecule has 2 aliphatic rings. The average molecular weight is 204 g/mol. The first-order chi connectivity index (χ1) is 7.25. The van der Waals surface area contributed by atoms with Gasteiger partial charge in [-0.1, -0.05) is 6.07 Å². The van der Waals surface area contributed by atoms with Gasteiger partial charge in [-0.25, -0.2) is 0 Å². The zero-order chi connectivity index (χ0) is 10.4. The van der Waals surface area contributed by atoms with Gasteiger partial charge in [0, 0.05) is 19.1 Å². The molecule has 0 saturated carbocycles. The third kappa shape index (κ3) is 1.34. The highest BCUT2D eigenvalue weighted by atomic mass is 16.3. The lowest BCUT2D eigenvalue weighted by molar-refractivity contribution is 0.234. The fourth-order valence-corrected chi connectivity index (χ4v) is 2.92. The van der Waals surface area contributed by atoms with Crippen LogP contribution in [0.3, 0.4) is 0 Å². The van der Waals surface area contributed by atoms with Crippen molar-refractivity contribution in [2.24, 2.45) is 5.73 Å². The number of phenolic OH excluding ortho intramolecular Hbond substituents is 1. The molecule has 2 unspecified atom stereocenters. The smallest absolute Gasteiger partial charge is 0.115 e. The minimum Gasteiger partial charge on any atom is -0.508 e. The Bertz CT molecular complexity index is 391. The molecule has 15 heavy (non-hydrogen) atoms. The van der Waals surface area contributed by atoms with E-state index in [0.717, 1.165) is 25.9 Å². The maximum absolute atomic E-state index is 9.45. The topological polar surface area (TPSA) is 49.5 Å². The quantitative estimate of drug-likeness (QED) is 0.663. The number of nitrogens with zero attached hydrogens (tertiary/aromatic N) is 1. The molecule has 3 nitrogen and oxygen atoms in total. The van der Waals surface area contributed by atoms with Crippen molar-refractivity contribution >= 4 is 0 Å². The van der Waals surface area contributed by atoms with Crippen LogP contribution in [0.15, 0.2) is 18.2 Å². The first kappa shape index (κ1) is 9.19. The van der Waals surface area contributed by atoms with Crippen LogP contribution in [0.1, 0.15) is 23.6 Å². The van der Waals surface area contributed by atoms with E-state index in [0.29, 0.717) is 11.8 Å². The summed E-state index contributed by atoms with van der Waals surface area (Å²) in [7, 11) is 0. The Morgan fingerprint density at radius 1 is 1.33 bits per heavy atom. The van der Waals surface area contributed by atoms with Gasteiger partial charge in [-0.05, 0) is 36.1 Å². The summed E-state index contributed by atoms with van der Waals surface area (Å²) in [5, 5.41) is 9.45. The van der Waals surface area contributed by atoms with E-state index < -0.39 is 0 Å². The molecule has 0 bridgehead atoms. The Morgan fingerprint density at radius 3 is 3.07 bits per heavy atom. The number of nitrogens with two attached hydrogens (primary N) is 1. The average Bonchev–Trinajstić information content (AvgIpc) is 2.60. The standard InChI is InChI=1S/C12H16N2O/c13-11-4-6-14-5-3-8-7-9(15)1-2-10(8)12(11)14/h1-2,7,11-12,15H,3-6,13H2. The lowest BCUT2D eigenvalue weighted by atomic mass is 9.91. The van der Waals surface area contributed by atoms with Gasteiger partial charge >= 0.3 is 0 Å². The molecule has 2 heterocycles. The van der Waals surface area contributed by atoms with E-state index in [-0.39, 0.29) is 6.04 Å². The summed E-state index contributed by atoms with van der Waals surface area (Å²) in [6.07, 6.45) is 2.12. The molecule has 3 N–H and O–H groups in total. The van der Waals surface area contributed by atoms with Crippen LogP contribution in [0, 0.1) is 0 Å². The van der Waals surface area contributed by atoms with Gasteiger partial charge in [0.15, 0.2) is 0 Å². The van der Waals surface area contributed by atoms with Crippen molar-refractivity contribution in [3.63, 3.8) is 0 Å². The molecule has 1 aromatic rings. The van der Waals surface area contributed by atoms with Gasteiger partial charge in [0.2, 0.25) is 0 Å². The summed E-state index contributed by atoms with van der Waals surface area (Å²) in [4.78, 5) is 2.46. The molecular formula is C12H16N2O. The van der Waals surface area contributed by atoms with Crippen molar-refractivity contribution in [3.05, 3.63) is 29.3 Å². The van der Waals surface area contributed by atoms with Gasteiger partial charge in [0.1, 0.15) is 5.75 Å². The number of phenols is 1. The number of hydrogen-bond acceptors (Lipinski definition) is 3. The summed E-state index contributed by atoms with van der Waals surface area (Å²) >= 11 is 0. The molecule has 3 rings (SSSR count). The molecule has 0 amide bonds. The van der Waals surface area contributed by atoms with Crippen LogP contribution in [0.25, 0.3) is 0 Å². The van der Waals surface area contributed by atoms with Gasteiger partial charge in [0.05, 0.1) is 6.04 Å². The molecule has 1 aromatic carbocycles. The van der Waals surface area contributed by atoms with E-state index in [1.165, 1.54) is 11.1 Å². The van der Waals surface area contributed by atoms with E-state index in [1.807, 2.05) is 12.1 Å². The van der Waals surface area contributed by atoms with Crippen molar-refractivity contribution in [3.8, 4) is 5.75 Å². The fourth-order valence-electron chi connectivity index (χ4n) is 2.92. The van der Waals surface area contributed by atoms with Gasteiger partial charge in [-0.15, -0.1) is 0 Å². The predicted molar refractivity (Wildman–Crippen MR) is 58.7 cm³/mol. The Hall–Kier alpha value is -1.06. The van der Waals surface area contributed by atoms with Crippen LogP contribution in [-0.2, 0) is 6.42 Å². The van der Waals surface area contributed by atoms with Crippen molar-refractivity contribution < 1.29 is 5.11 Å². The number of hydrogen-bond donors (Lipinski definition) is 2.